The second-order valence-electron chi connectivity index (χ2n) is 4.81. The quantitative estimate of drug-likeness (QED) is 0.459. The van der Waals surface area contributed by atoms with Crippen molar-refractivity contribution in [2.24, 2.45) is 0 Å². The van der Waals surface area contributed by atoms with Gasteiger partial charge in [-0.05, 0) is 24.3 Å². The van der Waals surface area contributed by atoms with E-state index in [1.165, 1.54) is 24.3 Å². The molecule has 0 aliphatic heterocycles. The molecule has 2 aromatic rings. The number of hydrogen-bond acceptors (Lipinski definition) is 6. The van der Waals surface area contributed by atoms with Crippen molar-refractivity contribution in [3.05, 3.63) is 48.3 Å². The molecule has 0 saturated heterocycles. The van der Waals surface area contributed by atoms with Crippen molar-refractivity contribution in [2.75, 3.05) is 25.0 Å². The lowest BCUT2D eigenvalue weighted by atomic mass is 10.2. The maximum absolute atomic E-state index is 12.1. The number of aromatic nitrogens is 2. The summed E-state index contributed by atoms with van der Waals surface area (Å²) in [5.41, 5.74) is 0.236. The van der Waals surface area contributed by atoms with E-state index < -0.39 is 10.0 Å². The number of hydrogen-bond donors (Lipinski definition) is 3. The molecule has 8 nitrogen and oxygen atoms in total. The largest absolute Gasteiger partial charge is 0.352 e. The Morgan fingerprint density at radius 1 is 1.16 bits per heavy atom. The molecule has 1 amide bonds. The predicted octanol–water partition coefficient (Wildman–Crippen LogP) is 0.230. The van der Waals surface area contributed by atoms with Crippen LogP contribution in [0.4, 0.5) is 5.95 Å². The SMILES string of the molecule is C#CCNS(=O)(=O)c1cccc(C(=O)NCCNc2ncccn2)c1. The smallest absolute Gasteiger partial charge is 0.251 e. The number of sulfonamides is 1. The molecule has 0 unspecified atom stereocenters. The van der Waals surface area contributed by atoms with Crippen LogP contribution in [-0.4, -0.2) is 43.9 Å². The molecule has 0 bridgehead atoms. The van der Waals surface area contributed by atoms with E-state index >= 15 is 0 Å². The van der Waals surface area contributed by atoms with Gasteiger partial charge in [-0.3, -0.25) is 4.79 Å². The maximum Gasteiger partial charge on any atom is 0.251 e. The fourth-order valence-corrected chi connectivity index (χ4v) is 2.85. The van der Waals surface area contributed by atoms with Gasteiger partial charge < -0.3 is 10.6 Å². The lowest BCUT2D eigenvalue weighted by Gasteiger charge is -2.08. The molecule has 1 heterocycles. The molecular weight excluding hydrogens is 342 g/mol. The zero-order valence-corrected chi connectivity index (χ0v) is 14.1. The standard InChI is InChI=1S/C16H17N5O3S/c1-2-7-21-25(23,24)14-6-3-5-13(12-14)15(22)17-10-11-20-16-18-8-4-9-19-16/h1,3-6,8-9,12,21H,7,10-11H2,(H,17,22)(H,18,19,20). The van der Waals surface area contributed by atoms with Gasteiger partial charge in [0.1, 0.15) is 0 Å². The number of rotatable bonds is 8. The van der Waals surface area contributed by atoms with Crippen LogP contribution in [0, 0.1) is 12.3 Å². The second kappa shape index (κ2) is 8.77. The van der Waals surface area contributed by atoms with E-state index in [2.05, 4.69) is 31.2 Å². The van der Waals surface area contributed by atoms with Gasteiger partial charge >= 0.3 is 0 Å². The zero-order valence-electron chi connectivity index (χ0n) is 13.3. The highest BCUT2D eigenvalue weighted by Gasteiger charge is 2.15. The highest BCUT2D eigenvalue weighted by Crippen LogP contribution is 2.11. The Kier molecular flexibility index (Phi) is 6.45. The third kappa shape index (κ3) is 5.56. The van der Waals surface area contributed by atoms with Crippen LogP contribution in [0.25, 0.3) is 0 Å². The van der Waals surface area contributed by atoms with Crippen LogP contribution in [0.5, 0.6) is 0 Å². The zero-order chi connectivity index (χ0) is 18.1. The molecule has 1 aromatic carbocycles. The van der Waals surface area contributed by atoms with E-state index in [4.69, 9.17) is 6.42 Å². The molecule has 0 aliphatic carbocycles. The fourth-order valence-electron chi connectivity index (χ4n) is 1.87. The molecule has 0 fully saturated rings. The van der Waals surface area contributed by atoms with E-state index in [1.54, 1.807) is 18.5 Å². The molecule has 0 saturated carbocycles. The molecule has 0 spiro atoms. The molecular formula is C16H17N5O3S. The number of carbonyl (C=O) groups excluding carboxylic acids is 1. The minimum atomic E-state index is -3.74. The van der Waals surface area contributed by atoms with Crippen LogP contribution in [0.2, 0.25) is 0 Å². The summed E-state index contributed by atoms with van der Waals surface area (Å²) in [7, 11) is -3.74. The maximum atomic E-state index is 12.1. The number of amides is 1. The van der Waals surface area contributed by atoms with Crippen molar-refractivity contribution in [1.82, 2.24) is 20.0 Å². The van der Waals surface area contributed by atoms with Crippen LogP contribution in [0.3, 0.4) is 0 Å². The summed E-state index contributed by atoms with van der Waals surface area (Å²) < 4.78 is 26.3. The van der Waals surface area contributed by atoms with Gasteiger partial charge in [-0.15, -0.1) is 6.42 Å². The minimum absolute atomic E-state index is 0.0220. The Bertz CT molecular complexity index is 863. The van der Waals surface area contributed by atoms with E-state index in [0.29, 0.717) is 19.0 Å². The van der Waals surface area contributed by atoms with Gasteiger partial charge in [0.05, 0.1) is 11.4 Å². The Labute approximate surface area is 146 Å². The fraction of sp³-hybridized carbons (Fsp3) is 0.188. The first-order valence-electron chi connectivity index (χ1n) is 7.35. The van der Waals surface area contributed by atoms with E-state index in [1.807, 2.05) is 0 Å². The third-order valence-corrected chi connectivity index (χ3v) is 4.43. The van der Waals surface area contributed by atoms with Crippen molar-refractivity contribution in [3.8, 4) is 12.3 Å². The molecule has 25 heavy (non-hydrogen) atoms. The number of terminal acetylenes is 1. The van der Waals surface area contributed by atoms with Crippen molar-refractivity contribution >= 4 is 21.9 Å². The number of carbonyl (C=O) groups is 1. The van der Waals surface area contributed by atoms with E-state index in [-0.39, 0.29) is 22.9 Å². The second-order valence-corrected chi connectivity index (χ2v) is 6.58. The lowest BCUT2D eigenvalue weighted by molar-refractivity contribution is 0.0955. The molecule has 1 aromatic heterocycles. The van der Waals surface area contributed by atoms with Crippen molar-refractivity contribution in [3.63, 3.8) is 0 Å². The third-order valence-electron chi connectivity index (χ3n) is 3.03. The summed E-state index contributed by atoms with van der Waals surface area (Å²) in [6.45, 7) is 0.632. The number of nitrogens with zero attached hydrogens (tertiary/aromatic N) is 2. The molecule has 130 valence electrons. The van der Waals surface area contributed by atoms with Gasteiger partial charge in [0.2, 0.25) is 16.0 Å². The highest BCUT2D eigenvalue weighted by atomic mass is 32.2. The summed E-state index contributed by atoms with van der Waals surface area (Å²) in [6, 6.07) is 7.41. The van der Waals surface area contributed by atoms with Crippen LogP contribution < -0.4 is 15.4 Å². The molecule has 3 N–H and O–H groups in total. The first-order valence-corrected chi connectivity index (χ1v) is 8.83. The Balaban J connectivity index is 1.91. The average molecular weight is 359 g/mol. The van der Waals surface area contributed by atoms with Crippen molar-refractivity contribution in [1.29, 1.82) is 0 Å². The van der Waals surface area contributed by atoms with Crippen LogP contribution in [0.1, 0.15) is 10.4 Å². The van der Waals surface area contributed by atoms with Crippen molar-refractivity contribution in [2.45, 2.75) is 4.90 Å². The van der Waals surface area contributed by atoms with Gasteiger partial charge in [-0.1, -0.05) is 12.0 Å². The van der Waals surface area contributed by atoms with Gasteiger partial charge in [0.25, 0.3) is 5.91 Å². The van der Waals surface area contributed by atoms with E-state index in [0.717, 1.165) is 0 Å². The lowest BCUT2D eigenvalue weighted by Crippen LogP contribution is -2.29. The monoisotopic (exact) mass is 359 g/mol. The van der Waals surface area contributed by atoms with E-state index in [9.17, 15) is 13.2 Å². The summed E-state index contributed by atoms with van der Waals surface area (Å²) in [4.78, 5) is 20.1. The number of anilines is 1. The molecule has 2 rings (SSSR count). The normalized spacial score (nSPS) is 10.7. The number of nitrogens with one attached hydrogen (secondary N) is 3. The van der Waals surface area contributed by atoms with Gasteiger partial charge in [-0.25, -0.2) is 18.4 Å². The Morgan fingerprint density at radius 3 is 2.64 bits per heavy atom. The predicted molar refractivity (Wildman–Crippen MR) is 93.3 cm³/mol. The van der Waals surface area contributed by atoms with Crippen LogP contribution in [-0.2, 0) is 10.0 Å². The van der Waals surface area contributed by atoms with Gasteiger partial charge in [0, 0.05) is 31.0 Å². The Hall–Kier alpha value is -2.96. The van der Waals surface area contributed by atoms with Crippen LogP contribution in [0.15, 0.2) is 47.6 Å². The Morgan fingerprint density at radius 2 is 1.92 bits per heavy atom. The number of benzene rings is 1. The minimum Gasteiger partial charge on any atom is -0.352 e. The summed E-state index contributed by atoms with van der Waals surface area (Å²) >= 11 is 0. The molecule has 9 heteroatoms. The summed E-state index contributed by atoms with van der Waals surface area (Å²) in [5, 5.41) is 5.64. The van der Waals surface area contributed by atoms with Gasteiger partial charge in [0.15, 0.2) is 0 Å². The first kappa shape index (κ1) is 18.4. The molecule has 0 aliphatic rings. The van der Waals surface area contributed by atoms with Gasteiger partial charge in [-0.2, -0.15) is 4.72 Å². The topological polar surface area (TPSA) is 113 Å². The average Bonchev–Trinajstić information content (AvgIpc) is 2.64. The molecule has 0 atom stereocenters. The molecule has 0 radical (unpaired) electrons. The first-order chi connectivity index (χ1) is 12.0. The summed E-state index contributed by atoms with van der Waals surface area (Å²) in [6.07, 6.45) is 8.26. The summed E-state index contributed by atoms with van der Waals surface area (Å²) in [5.74, 6) is 2.27. The van der Waals surface area contributed by atoms with Crippen molar-refractivity contribution < 1.29 is 13.2 Å². The highest BCUT2D eigenvalue weighted by molar-refractivity contribution is 7.89. The van der Waals surface area contributed by atoms with Crippen LogP contribution >= 0.6 is 0 Å².